The average Bonchev–Trinajstić information content (AvgIpc) is 2.77. The number of aldehydes is 1. The van der Waals surface area contributed by atoms with Crippen molar-refractivity contribution >= 4 is 28.5 Å². The molecule has 3 nitrogen and oxygen atoms in total. The second kappa shape index (κ2) is 4.40. The molecular weight excluding hydrogens is 208 g/mol. The standard InChI is InChI=1S/C11H12N2OS/c1-2-3-4-5-10-9(7-14)13-8-12-6-11(13)15-10/h4-8H,2-3H2,1H3/b5-4+. The molecule has 0 saturated heterocycles. The first-order valence-corrected chi connectivity index (χ1v) is 5.75. The molecule has 0 aromatic carbocycles. The Bertz CT molecular complexity index is 496. The van der Waals surface area contributed by atoms with Gasteiger partial charge in [-0.25, -0.2) is 4.98 Å². The Labute approximate surface area is 92.1 Å². The van der Waals surface area contributed by atoms with E-state index in [0.717, 1.165) is 28.8 Å². The van der Waals surface area contributed by atoms with Crippen molar-refractivity contribution in [2.24, 2.45) is 0 Å². The van der Waals surface area contributed by atoms with E-state index in [2.05, 4.69) is 18.0 Å². The molecule has 0 unspecified atom stereocenters. The number of rotatable bonds is 4. The van der Waals surface area contributed by atoms with E-state index >= 15 is 0 Å². The first-order chi connectivity index (χ1) is 7.36. The lowest BCUT2D eigenvalue weighted by atomic mass is 10.3. The van der Waals surface area contributed by atoms with Gasteiger partial charge in [0.25, 0.3) is 0 Å². The average molecular weight is 220 g/mol. The molecule has 2 rings (SSSR count). The summed E-state index contributed by atoms with van der Waals surface area (Å²) < 4.78 is 1.82. The molecule has 2 heterocycles. The van der Waals surface area contributed by atoms with E-state index in [1.165, 1.54) is 0 Å². The molecule has 0 radical (unpaired) electrons. The summed E-state index contributed by atoms with van der Waals surface area (Å²) in [7, 11) is 0. The molecule has 0 amide bonds. The molecule has 2 aromatic heterocycles. The molecule has 2 aromatic rings. The van der Waals surface area contributed by atoms with Crippen molar-refractivity contribution in [1.29, 1.82) is 0 Å². The Morgan fingerprint density at radius 2 is 2.47 bits per heavy atom. The normalized spacial score (nSPS) is 11.5. The summed E-state index contributed by atoms with van der Waals surface area (Å²) in [5.41, 5.74) is 0.694. The van der Waals surface area contributed by atoms with Crippen molar-refractivity contribution in [2.75, 3.05) is 0 Å². The monoisotopic (exact) mass is 220 g/mol. The van der Waals surface area contributed by atoms with Crippen LogP contribution in [0.1, 0.15) is 35.1 Å². The van der Waals surface area contributed by atoms with Gasteiger partial charge in [0.15, 0.2) is 6.29 Å². The minimum atomic E-state index is 0.694. The van der Waals surface area contributed by atoms with Crippen LogP contribution in [-0.2, 0) is 0 Å². The SMILES string of the molecule is CCC/C=C/c1sc2cncn2c1C=O. The molecule has 4 heteroatoms. The number of carbonyl (C=O) groups excluding carboxylic acids is 1. The minimum Gasteiger partial charge on any atom is -0.296 e. The third kappa shape index (κ3) is 1.85. The van der Waals surface area contributed by atoms with Gasteiger partial charge in [0.1, 0.15) is 16.9 Å². The number of nitrogens with zero attached hydrogens (tertiary/aromatic N) is 2. The quantitative estimate of drug-likeness (QED) is 0.742. The van der Waals surface area contributed by atoms with Crippen LogP contribution in [0, 0.1) is 0 Å². The van der Waals surface area contributed by atoms with Crippen LogP contribution in [-0.4, -0.2) is 15.7 Å². The highest BCUT2D eigenvalue weighted by Crippen LogP contribution is 2.23. The first kappa shape index (κ1) is 10.1. The molecule has 0 N–H and O–H groups in total. The molecular formula is C11H12N2OS. The van der Waals surface area contributed by atoms with E-state index in [1.807, 2.05) is 10.5 Å². The number of thiazole rings is 1. The Hall–Kier alpha value is -1.42. The van der Waals surface area contributed by atoms with Gasteiger partial charge in [0.05, 0.1) is 11.1 Å². The number of carbonyl (C=O) groups is 1. The van der Waals surface area contributed by atoms with Crippen molar-refractivity contribution in [2.45, 2.75) is 19.8 Å². The predicted molar refractivity (Wildman–Crippen MR) is 62.4 cm³/mol. The Morgan fingerprint density at radius 1 is 1.60 bits per heavy atom. The molecule has 0 spiro atoms. The summed E-state index contributed by atoms with van der Waals surface area (Å²) in [6, 6.07) is 0. The summed E-state index contributed by atoms with van der Waals surface area (Å²) in [4.78, 5) is 17.0. The van der Waals surface area contributed by atoms with Crippen molar-refractivity contribution in [3.63, 3.8) is 0 Å². The maximum absolute atomic E-state index is 11.0. The van der Waals surface area contributed by atoms with E-state index < -0.39 is 0 Å². The zero-order chi connectivity index (χ0) is 10.7. The fourth-order valence-electron chi connectivity index (χ4n) is 1.41. The lowest BCUT2D eigenvalue weighted by Gasteiger charge is -1.89. The minimum absolute atomic E-state index is 0.694. The van der Waals surface area contributed by atoms with E-state index in [9.17, 15) is 4.79 Å². The molecule has 0 saturated carbocycles. The number of hydrogen-bond donors (Lipinski definition) is 0. The van der Waals surface area contributed by atoms with E-state index in [-0.39, 0.29) is 0 Å². The molecule has 0 fully saturated rings. The van der Waals surface area contributed by atoms with Crippen LogP contribution in [0.5, 0.6) is 0 Å². The summed E-state index contributed by atoms with van der Waals surface area (Å²) in [5.74, 6) is 0. The van der Waals surface area contributed by atoms with E-state index in [0.29, 0.717) is 5.69 Å². The highest BCUT2D eigenvalue weighted by atomic mass is 32.1. The summed E-state index contributed by atoms with van der Waals surface area (Å²) in [6.07, 6.45) is 10.6. The summed E-state index contributed by atoms with van der Waals surface area (Å²) >= 11 is 1.59. The summed E-state index contributed by atoms with van der Waals surface area (Å²) in [6.45, 7) is 2.13. The van der Waals surface area contributed by atoms with Crippen LogP contribution in [0.4, 0.5) is 0 Å². The topological polar surface area (TPSA) is 34.4 Å². The van der Waals surface area contributed by atoms with Gasteiger partial charge in [-0.1, -0.05) is 19.4 Å². The molecule has 0 bridgehead atoms. The third-order valence-corrected chi connectivity index (χ3v) is 3.24. The third-order valence-electron chi connectivity index (χ3n) is 2.17. The van der Waals surface area contributed by atoms with Gasteiger partial charge in [0, 0.05) is 0 Å². The molecule has 0 atom stereocenters. The zero-order valence-corrected chi connectivity index (χ0v) is 9.33. The number of aromatic nitrogens is 2. The fraction of sp³-hybridized carbons (Fsp3) is 0.273. The van der Waals surface area contributed by atoms with Crippen LogP contribution in [0.15, 0.2) is 18.6 Å². The number of imidazole rings is 1. The van der Waals surface area contributed by atoms with Gasteiger partial charge in [-0.15, -0.1) is 11.3 Å². The van der Waals surface area contributed by atoms with Gasteiger partial charge in [0.2, 0.25) is 0 Å². The maximum atomic E-state index is 11.0. The van der Waals surface area contributed by atoms with Gasteiger partial charge in [-0.3, -0.25) is 9.20 Å². The van der Waals surface area contributed by atoms with Gasteiger partial charge in [-0.2, -0.15) is 0 Å². The second-order valence-electron chi connectivity index (χ2n) is 3.26. The lowest BCUT2D eigenvalue weighted by molar-refractivity contribution is 0.111. The van der Waals surface area contributed by atoms with Gasteiger partial charge >= 0.3 is 0 Å². The highest BCUT2D eigenvalue weighted by molar-refractivity contribution is 7.18. The number of hydrogen-bond acceptors (Lipinski definition) is 3. The molecule has 0 aliphatic heterocycles. The highest BCUT2D eigenvalue weighted by Gasteiger charge is 2.08. The zero-order valence-electron chi connectivity index (χ0n) is 8.51. The van der Waals surface area contributed by atoms with Gasteiger partial charge in [-0.05, 0) is 12.5 Å². The van der Waals surface area contributed by atoms with Crippen LogP contribution in [0.3, 0.4) is 0 Å². The number of allylic oxidation sites excluding steroid dienone is 1. The smallest absolute Gasteiger partial charge is 0.168 e. The maximum Gasteiger partial charge on any atom is 0.168 e. The molecule has 78 valence electrons. The van der Waals surface area contributed by atoms with E-state index in [4.69, 9.17) is 0 Å². The van der Waals surface area contributed by atoms with Crippen LogP contribution >= 0.6 is 11.3 Å². The van der Waals surface area contributed by atoms with Crippen molar-refractivity contribution in [3.8, 4) is 0 Å². The number of unbranched alkanes of at least 4 members (excludes halogenated alkanes) is 1. The first-order valence-electron chi connectivity index (χ1n) is 4.93. The van der Waals surface area contributed by atoms with Crippen molar-refractivity contribution in [3.05, 3.63) is 29.2 Å². The summed E-state index contributed by atoms with van der Waals surface area (Å²) in [5, 5.41) is 0. The molecule has 0 aliphatic carbocycles. The predicted octanol–water partition coefficient (Wildman–Crippen LogP) is 3.02. The van der Waals surface area contributed by atoms with Crippen molar-refractivity contribution in [1.82, 2.24) is 9.38 Å². The van der Waals surface area contributed by atoms with Crippen LogP contribution in [0.25, 0.3) is 10.9 Å². The van der Waals surface area contributed by atoms with Crippen LogP contribution < -0.4 is 0 Å². The number of fused-ring (bicyclic) bond motifs is 1. The molecule has 0 aliphatic rings. The Morgan fingerprint density at radius 3 is 3.20 bits per heavy atom. The molecule has 15 heavy (non-hydrogen) atoms. The fourth-order valence-corrected chi connectivity index (χ4v) is 2.41. The Kier molecular flexibility index (Phi) is 2.97. The lowest BCUT2D eigenvalue weighted by Crippen LogP contribution is -1.88. The largest absolute Gasteiger partial charge is 0.296 e. The van der Waals surface area contributed by atoms with Crippen LogP contribution in [0.2, 0.25) is 0 Å². The van der Waals surface area contributed by atoms with Gasteiger partial charge < -0.3 is 0 Å². The second-order valence-corrected chi connectivity index (χ2v) is 4.32. The Balaban J connectivity index is 2.41. The van der Waals surface area contributed by atoms with E-state index in [1.54, 1.807) is 23.9 Å². The van der Waals surface area contributed by atoms with Crippen molar-refractivity contribution < 1.29 is 4.79 Å².